The first-order valence-corrected chi connectivity index (χ1v) is 9.38. The Labute approximate surface area is 155 Å². The van der Waals surface area contributed by atoms with Gasteiger partial charge >= 0.3 is 0 Å². The van der Waals surface area contributed by atoms with Crippen LogP contribution in [0.4, 0.5) is 0 Å². The summed E-state index contributed by atoms with van der Waals surface area (Å²) < 4.78 is 7.32. The van der Waals surface area contributed by atoms with Gasteiger partial charge in [0.2, 0.25) is 0 Å². The summed E-state index contributed by atoms with van der Waals surface area (Å²) in [7, 11) is 1.92. The number of carbonyl (C=O) groups excluding carboxylic acids is 1. The normalized spacial score (nSPS) is 15.5. The van der Waals surface area contributed by atoms with E-state index in [1.54, 1.807) is 17.5 Å². The minimum Gasteiger partial charge on any atom is -0.379 e. The van der Waals surface area contributed by atoms with Gasteiger partial charge in [-0.05, 0) is 18.2 Å². The Hall–Kier alpha value is -2.26. The van der Waals surface area contributed by atoms with E-state index in [9.17, 15) is 4.79 Å². The van der Waals surface area contributed by atoms with Crippen LogP contribution < -0.4 is 11.3 Å². The number of hydrogen-bond acceptors (Lipinski definition) is 6. The van der Waals surface area contributed by atoms with Gasteiger partial charge in [-0.2, -0.15) is 0 Å². The van der Waals surface area contributed by atoms with E-state index in [0.717, 1.165) is 60.0 Å². The average Bonchev–Trinajstić information content (AvgIpc) is 3.26. The van der Waals surface area contributed by atoms with Crippen molar-refractivity contribution in [3.8, 4) is 10.6 Å². The number of nitrogens with one attached hydrogen (secondary N) is 1. The third-order valence-corrected chi connectivity index (χ3v) is 5.59. The highest BCUT2D eigenvalue weighted by molar-refractivity contribution is 7.13. The summed E-state index contributed by atoms with van der Waals surface area (Å²) in [6.45, 7) is 4.30. The van der Waals surface area contributed by atoms with Crippen molar-refractivity contribution in [3.63, 3.8) is 0 Å². The number of fused-ring (bicyclic) bond motifs is 1. The Bertz CT molecular complexity index is 942. The number of morpholine rings is 1. The lowest BCUT2D eigenvalue weighted by atomic mass is 10.1. The minimum absolute atomic E-state index is 0.292. The lowest BCUT2D eigenvalue weighted by molar-refractivity contribution is 0.0337. The molecule has 8 heteroatoms. The predicted molar refractivity (Wildman–Crippen MR) is 102 cm³/mol. The lowest BCUT2D eigenvalue weighted by Crippen LogP contribution is -2.35. The SMILES string of the molecule is Cn1cc(C(=O)NN)c2cc(-c3nc(CN4CCOCC4)cs3)ccc21. The Morgan fingerprint density at radius 2 is 2.19 bits per heavy atom. The number of aryl methyl sites for hydroxylation is 1. The van der Waals surface area contributed by atoms with Crippen molar-refractivity contribution >= 4 is 28.1 Å². The molecule has 0 bridgehead atoms. The van der Waals surface area contributed by atoms with E-state index in [-0.39, 0.29) is 5.91 Å². The molecule has 2 aromatic heterocycles. The van der Waals surface area contributed by atoms with Crippen molar-refractivity contribution < 1.29 is 9.53 Å². The van der Waals surface area contributed by atoms with E-state index in [1.165, 1.54) is 0 Å². The second-order valence-corrected chi connectivity index (χ2v) is 7.25. The van der Waals surface area contributed by atoms with E-state index >= 15 is 0 Å². The Balaban J connectivity index is 1.63. The number of ether oxygens (including phenoxy) is 1. The van der Waals surface area contributed by atoms with Gasteiger partial charge in [0.15, 0.2) is 0 Å². The third-order valence-electron chi connectivity index (χ3n) is 4.65. The maximum atomic E-state index is 12.0. The molecule has 4 rings (SSSR count). The van der Waals surface area contributed by atoms with Gasteiger partial charge in [-0.15, -0.1) is 11.3 Å². The summed E-state index contributed by atoms with van der Waals surface area (Å²) in [5.74, 6) is 5.02. The van der Waals surface area contributed by atoms with E-state index < -0.39 is 0 Å². The molecule has 1 aromatic carbocycles. The van der Waals surface area contributed by atoms with Gasteiger partial charge in [0.25, 0.3) is 5.91 Å². The number of nitrogen functional groups attached to an aromatic ring is 1. The van der Waals surface area contributed by atoms with Crippen LogP contribution in [0.1, 0.15) is 16.1 Å². The number of rotatable bonds is 4. The number of thiazole rings is 1. The summed E-state index contributed by atoms with van der Waals surface area (Å²) in [5.41, 5.74) is 5.84. The first-order valence-electron chi connectivity index (χ1n) is 8.50. The first kappa shape index (κ1) is 17.2. The molecule has 0 atom stereocenters. The predicted octanol–water partition coefficient (Wildman–Crippen LogP) is 1.74. The van der Waals surface area contributed by atoms with Crippen molar-refractivity contribution in [3.05, 3.63) is 41.0 Å². The number of nitrogens with zero attached hydrogens (tertiary/aromatic N) is 3. The maximum Gasteiger partial charge on any atom is 0.267 e. The zero-order chi connectivity index (χ0) is 18.1. The van der Waals surface area contributed by atoms with E-state index in [4.69, 9.17) is 15.6 Å². The number of amides is 1. The smallest absolute Gasteiger partial charge is 0.267 e. The average molecular weight is 371 g/mol. The Kier molecular flexibility index (Phi) is 4.73. The molecule has 26 heavy (non-hydrogen) atoms. The molecule has 1 saturated heterocycles. The highest BCUT2D eigenvalue weighted by Crippen LogP contribution is 2.30. The van der Waals surface area contributed by atoms with E-state index in [2.05, 4.69) is 15.7 Å². The molecule has 136 valence electrons. The lowest BCUT2D eigenvalue weighted by Gasteiger charge is -2.25. The van der Waals surface area contributed by atoms with Crippen LogP contribution in [-0.4, -0.2) is 46.7 Å². The van der Waals surface area contributed by atoms with Crippen molar-refractivity contribution in [1.29, 1.82) is 0 Å². The van der Waals surface area contributed by atoms with Crippen LogP contribution in [0, 0.1) is 0 Å². The number of hydrazine groups is 1. The minimum atomic E-state index is -0.292. The van der Waals surface area contributed by atoms with Crippen LogP contribution in [0.15, 0.2) is 29.8 Å². The van der Waals surface area contributed by atoms with E-state index in [0.29, 0.717) is 5.56 Å². The number of carbonyl (C=O) groups is 1. The molecular weight excluding hydrogens is 350 g/mol. The van der Waals surface area contributed by atoms with Crippen LogP contribution in [0.25, 0.3) is 21.5 Å². The van der Waals surface area contributed by atoms with Crippen LogP contribution >= 0.6 is 11.3 Å². The number of nitrogens with two attached hydrogens (primary N) is 1. The summed E-state index contributed by atoms with van der Waals surface area (Å²) >= 11 is 1.63. The monoisotopic (exact) mass is 371 g/mol. The van der Waals surface area contributed by atoms with Gasteiger partial charge in [-0.25, -0.2) is 10.8 Å². The molecule has 1 amide bonds. The van der Waals surface area contributed by atoms with Gasteiger partial charge in [-0.3, -0.25) is 15.1 Å². The number of hydrogen-bond donors (Lipinski definition) is 2. The van der Waals surface area contributed by atoms with Gasteiger partial charge in [0.05, 0.1) is 24.5 Å². The van der Waals surface area contributed by atoms with E-state index in [1.807, 2.05) is 29.8 Å². The summed E-state index contributed by atoms with van der Waals surface area (Å²) in [4.78, 5) is 19.2. The van der Waals surface area contributed by atoms with Crippen LogP contribution in [0.3, 0.4) is 0 Å². The number of aromatic nitrogens is 2. The Morgan fingerprint density at radius 1 is 1.38 bits per heavy atom. The molecule has 7 nitrogen and oxygen atoms in total. The topological polar surface area (TPSA) is 85.4 Å². The fourth-order valence-corrected chi connectivity index (χ4v) is 4.09. The molecule has 1 aliphatic rings. The van der Waals surface area contributed by atoms with Crippen LogP contribution in [0.2, 0.25) is 0 Å². The first-order chi connectivity index (χ1) is 12.7. The molecule has 0 radical (unpaired) electrons. The molecular formula is C18H21N5O2S. The molecule has 0 unspecified atom stereocenters. The zero-order valence-corrected chi connectivity index (χ0v) is 15.4. The fraction of sp³-hybridized carbons (Fsp3) is 0.333. The van der Waals surface area contributed by atoms with Gasteiger partial charge in [-0.1, -0.05) is 0 Å². The maximum absolute atomic E-state index is 12.0. The van der Waals surface area contributed by atoms with Crippen molar-refractivity contribution in [1.82, 2.24) is 19.9 Å². The molecule has 0 aliphatic carbocycles. The van der Waals surface area contributed by atoms with Gasteiger partial charge in [0, 0.05) is 54.7 Å². The summed E-state index contributed by atoms with van der Waals surface area (Å²) in [5, 5.41) is 3.93. The third kappa shape index (κ3) is 3.24. The van der Waals surface area contributed by atoms with Crippen molar-refractivity contribution in [2.45, 2.75) is 6.54 Å². The van der Waals surface area contributed by atoms with Gasteiger partial charge in [0.1, 0.15) is 5.01 Å². The van der Waals surface area contributed by atoms with Crippen LogP contribution in [-0.2, 0) is 18.3 Å². The highest BCUT2D eigenvalue weighted by atomic mass is 32.1. The Morgan fingerprint density at radius 3 is 2.96 bits per heavy atom. The molecule has 1 aliphatic heterocycles. The highest BCUT2D eigenvalue weighted by Gasteiger charge is 2.16. The van der Waals surface area contributed by atoms with Crippen molar-refractivity contribution in [2.24, 2.45) is 12.9 Å². The molecule has 3 aromatic rings. The second-order valence-electron chi connectivity index (χ2n) is 6.39. The number of benzene rings is 1. The fourth-order valence-electron chi connectivity index (χ4n) is 3.28. The summed E-state index contributed by atoms with van der Waals surface area (Å²) in [6, 6.07) is 6.07. The zero-order valence-electron chi connectivity index (χ0n) is 14.6. The molecule has 1 fully saturated rings. The molecule has 0 saturated carbocycles. The quantitative estimate of drug-likeness (QED) is 0.414. The standard InChI is InChI=1S/C18H21N5O2S/c1-22-10-15(17(24)21-19)14-8-12(2-3-16(14)22)18-20-13(11-26-18)9-23-4-6-25-7-5-23/h2-3,8,10-11H,4-7,9,19H2,1H3,(H,21,24). The van der Waals surface area contributed by atoms with Crippen molar-refractivity contribution in [2.75, 3.05) is 26.3 Å². The van der Waals surface area contributed by atoms with Gasteiger partial charge < -0.3 is 9.30 Å². The molecule has 3 N–H and O–H groups in total. The second kappa shape index (κ2) is 7.16. The van der Waals surface area contributed by atoms with Crippen LogP contribution in [0.5, 0.6) is 0 Å². The largest absolute Gasteiger partial charge is 0.379 e. The summed E-state index contributed by atoms with van der Waals surface area (Å²) in [6.07, 6.45) is 1.79. The molecule has 3 heterocycles. The molecule has 0 spiro atoms.